The quantitative estimate of drug-likeness (QED) is 0.691. The Balaban J connectivity index is 2.93. The lowest BCUT2D eigenvalue weighted by Gasteiger charge is -2.04. The average Bonchev–Trinajstić information content (AvgIpc) is 1.98. The molecule has 60 valence electrons. The summed E-state index contributed by atoms with van der Waals surface area (Å²) in [4.78, 5) is 3.81. The minimum atomic E-state index is 0.348. The zero-order valence-electron chi connectivity index (χ0n) is 6.17. The first kappa shape index (κ1) is 8.14. The summed E-state index contributed by atoms with van der Waals surface area (Å²) in [6.45, 7) is 2.43. The third-order valence-corrected chi connectivity index (χ3v) is 1.41. The molecule has 2 N–H and O–H groups in total. The van der Waals surface area contributed by atoms with Crippen LogP contribution < -0.4 is 10.5 Å². The third kappa shape index (κ3) is 1.98. The Morgan fingerprint density at radius 1 is 1.73 bits per heavy atom. The number of halogens is 1. The lowest BCUT2D eigenvalue weighted by Crippen LogP contribution is -1.95. The maximum absolute atomic E-state index is 5.68. The first-order chi connectivity index (χ1) is 5.24. The Hall–Kier alpha value is -0.960. The molecule has 0 bridgehead atoms. The third-order valence-electron chi connectivity index (χ3n) is 1.13. The minimum absolute atomic E-state index is 0.348. The molecular formula is C7H9ClN2O. The standard InChI is InChI=1S/C7H9ClN2O/c1-2-11-6-3-5(9)4-10-7(6)8/h3-4H,2,9H2,1H3. The SMILES string of the molecule is CCOc1cc(N)cnc1Cl. The van der Waals surface area contributed by atoms with Crippen LogP contribution in [0.5, 0.6) is 5.75 Å². The second kappa shape index (κ2) is 3.44. The molecule has 0 amide bonds. The molecule has 0 aliphatic heterocycles. The van der Waals surface area contributed by atoms with Crippen LogP contribution in [0.25, 0.3) is 0 Å². The number of nitrogen functional groups attached to an aromatic ring is 1. The van der Waals surface area contributed by atoms with E-state index in [0.717, 1.165) is 0 Å². The molecule has 0 saturated carbocycles. The van der Waals surface area contributed by atoms with Gasteiger partial charge in [0.05, 0.1) is 18.5 Å². The zero-order chi connectivity index (χ0) is 8.27. The highest BCUT2D eigenvalue weighted by molar-refractivity contribution is 6.30. The van der Waals surface area contributed by atoms with E-state index in [1.54, 1.807) is 6.07 Å². The van der Waals surface area contributed by atoms with Crippen molar-refractivity contribution in [2.75, 3.05) is 12.3 Å². The molecule has 0 aliphatic carbocycles. The summed E-state index contributed by atoms with van der Waals surface area (Å²) in [7, 11) is 0. The van der Waals surface area contributed by atoms with Crippen molar-refractivity contribution in [2.45, 2.75) is 6.92 Å². The van der Waals surface area contributed by atoms with E-state index in [9.17, 15) is 0 Å². The molecule has 0 saturated heterocycles. The van der Waals surface area contributed by atoms with E-state index in [-0.39, 0.29) is 0 Å². The predicted molar refractivity (Wildman–Crippen MR) is 44.8 cm³/mol. The number of ether oxygens (including phenoxy) is 1. The van der Waals surface area contributed by atoms with Gasteiger partial charge in [-0.25, -0.2) is 4.98 Å². The lowest BCUT2D eigenvalue weighted by molar-refractivity contribution is 0.339. The predicted octanol–water partition coefficient (Wildman–Crippen LogP) is 1.72. The number of aromatic nitrogens is 1. The highest BCUT2D eigenvalue weighted by Gasteiger charge is 2.00. The molecule has 0 aromatic carbocycles. The Bertz CT molecular complexity index is 252. The molecule has 1 aromatic rings. The van der Waals surface area contributed by atoms with Crippen molar-refractivity contribution in [3.63, 3.8) is 0 Å². The number of pyridine rings is 1. The van der Waals surface area contributed by atoms with Crippen LogP contribution in [0.4, 0.5) is 5.69 Å². The molecule has 1 aromatic heterocycles. The molecule has 3 nitrogen and oxygen atoms in total. The van der Waals surface area contributed by atoms with E-state index >= 15 is 0 Å². The van der Waals surface area contributed by atoms with Gasteiger partial charge in [0.1, 0.15) is 0 Å². The molecule has 1 rings (SSSR count). The van der Waals surface area contributed by atoms with E-state index in [4.69, 9.17) is 22.1 Å². The van der Waals surface area contributed by atoms with Crippen LogP contribution in [0, 0.1) is 0 Å². The van der Waals surface area contributed by atoms with Gasteiger partial charge in [-0.05, 0) is 6.92 Å². The van der Waals surface area contributed by atoms with E-state index in [0.29, 0.717) is 23.2 Å². The average molecular weight is 173 g/mol. The summed E-state index contributed by atoms with van der Waals surface area (Å²) in [6, 6.07) is 1.65. The van der Waals surface area contributed by atoms with Crippen LogP contribution in [0.3, 0.4) is 0 Å². The number of nitrogens with zero attached hydrogens (tertiary/aromatic N) is 1. The Labute approximate surface area is 70.1 Å². The van der Waals surface area contributed by atoms with Crippen molar-refractivity contribution in [1.29, 1.82) is 0 Å². The van der Waals surface area contributed by atoms with Crippen molar-refractivity contribution in [3.8, 4) is 5.75 Å². The van der Waals surface area contributed by atoms with Gasteiger partial charge in [0.25, 0.3) is 0 Å². The Kier molecular flexibility index (Phi) is 2.54. The van der Waals surface area contributed by atoms with Gasteiger partial charge in [0, 0.05) is 6.07 Å². The zero-order valence-corrected chi connectivity index (χ0v) is 6.93. The van der Waals surface area contributed by atoms with Crippen LogP contribution in [0.15, 0.2) is 12.3 Å². The smallest absolute Gasteiger partial charge is 0.171 e. The fourth-order valence-electron chi connectivity index (χ4n) is 0.700. The van der Waals surface area contributed by atoms with Gasteiger partial charge >= 0.3 is 0 Å². The molecule has 4 heteroatoms. The minimum Gasteiger partial charge on any atom is -0.491 e. The number of rotatable bonds is 2. The molecule has 0 atom stereocenters. The summed E-state index contributed by atoms with van der Waals surface area (Å²) in [5, 5.41) is 0.348. The molecule has 0 spiro atoms. The number of hydrogen-bond donors (Lipinski definition) is 1. The van der Waals surface area contributed by atoms with Gasteiger partial charge in [0.15, 0.2) is 10.9 Å². The molecule has 0 fully saturated rings. The Morgan fingerprint density at radius 3 is 3.09 bits per heavy atom. The molecule has 1 heterocycles. The summed E-state index contributed by atoms with van der Waals surface area (Å²) in [6.07, 6.45) is 1.49. The first-order valence-electron chi connectivity index (χ1n) is 3.28. The summed E-state index contributed by atoms with van der Waals surface area (Å²) < 4.78 is 5.14. The fraction of sp³-hybridized carbons (Fsp3) is 0.286. The van der Waals surface area contributed by atoms with Crippen LogP contribution in [0.1, 0.15) is 6.92 Å². The van der Waals surface area contributed by atoms with Gasteiger partial charge in [-0.2, -0.15) is 0 Å². The highest BCUT2D eigenvalue weighted by Crippen LogP contribution is 2.23. The highest BCUT2D eigenvalue weighted by atomic mass is 35.5. The molecule has 11 heavy (non-hydrogen) atoms. The van der Waals surface area contributed by atoms with E-state index in [1.165, 1.54) is 6.20 Å². The molecule has 0 unspecified atom stereocenters. The second-order valence-electron chi connectivity index (χ2n) is 1.99. The van der Waals surface area contributed by atoms with Crippen LogP contribution >= 0.6 is 11.6 Å². The fourth-order valence-corrected chi connectivity index (χ4v) is 0.858. The molecular weight excluding hydrogens is 164 g/mol. The van der Waals surface area contributed by atoms with Gasteiger partial charge in [-0.15, -0.1) is 0 Å². The maximum atomic E-state index is 5.68. The number of anilines is 1. The summed E-state index contributed by atoms with van der Waals surface area (Å²) >= 11 is 5.68. The van der Waals surface area contributed by atoms with Gasteiger partial charge < -0.3 is 10.5 Å². The summed E-state index contributed by atoms with van der Waals surface area (Å²) in [5.74, 6) is 0.536. The normalized spacial score (nSPS) is 9.64. The Morgan fingerprint density at radius 2 is 2.45 bits per heavy atom. The van der Waals surface area contributed by atoms with Crippen molar-refractivity contribution in [1.82, 2.24) is 4.98 Å². The van der Waals surface area contributed by atoms with Gasteiger partial charge in [-0.3, -0.25) is 0 Å². The monoisotopic (exact) mass is 172 g/mol. The van der Waals surface area contributed by atoms with Crippen LogP contribution in [-0.2, 0) is 0 Å². The van der Waals surface area contributed by atoms with Crippen molar-refractivity contribution >= 4 is 17.3 Å². The molecule has 0 radical (unpaired) electrons. The van der Waals surface area contributed by atoms with Crippen molar-refractivity contribution < 1.29 is 4.74 Å². The number of nitrogens with two attached hydrogens (primary N) is 1. The second-order valence-corrected chi connectivity index (χ2v) is 2.35. The number of hydrogen-bond acceptors (Lipinski definition) is 3. The lowest BCUT2D eigenvalue weighted by atomic mass is 10.4. The van der Waals surface area contributed by atoms with E-state index in [2.05, 4.69) is 4.98 Å². The molecule has 0 aliphatic rings. The summed E-state index contributed by atoms with van der Waals surface area (Å²) in [5.41, 5.74) is 6.01. The van der Waals surface area contributed by atoms with Gasteiger partial charge in [0.2, 0.25) is 0 Å². The van der Waals surface area contributed by atoms with Crippen LogP contribution in [0.2, 0.25) is 5.15 Å². The van der Waals surface area contributed by atoms with E-state index < -0.39 is 0 Å². The maximum Gasteiger partial charge on any atom is 0.171 e. The van der Waals surface area contributed by atoms with Gasteiger partial charge in [-0.1, -0.05) is 11.6 Å². The van der Waals surface area contributed by atoms with Crippen LogP contribution in [-0.4, -0.2) is 11.6 Å². The largest absolute Gasteiger partial charge is 0.491 e. The van der Waals surface area contributed by atoms with E-state index in [1.807, 2.05) is 6.92 Å². The topological polar surface area (TPSA) is 48.1 Å². The van der Waals surface area contributed by atoms with Crippen molar-refractivity contribution in [2.24, 2.45) is 0 Å². The van der Waals surface area contributed by atoms with Crippen molar-refractivity contribution in [3.05, 3.63) is 17.4 Å². The first-order valence-corrected chi connectivity index (χ1v) is 3.65.